The zero-order valence-electron chi connectivity index (χ0n) is 16.0. The molecule has 1 saturated heterocycles. The molecule has 1 aliphatic heterocycles. The smallest absolute Gasteiger partial charge is 0.321 e. The number of aromatic nitrogens is 4. The van der Waals surface area contributed by atoms with Gasteiger partial charge in [0.2, 0.25) is 0 Å². The number of piperazine rings is 1. The summed E-state index contributed by atoms with van der Waals surface area (Å²) < 4.78 is 1.85. The average molecular weight is 377 g/mol. The van der Waals surface area contributed by atoms with Gasteiger partial charge in [-0.15, -0.1) is 0 Å². The Hall–Kier alpha value is -3.42. The van der Waals surface area contributed by atoms with Gasteiger partial charge in [0.25, 0.3) is 0 Å². The van der Waals surface area contributed by atoms with Crippen LogP contribution in [0, 0.1) is 13.8 Å². The number of amides is 2. The maximum atomic E-state index is 12.6. The van der Waals surface area contributed by atoms with E-state index >= 15 is 0 Å². The van der Waals surface area contributed by atoms with Gasteiger partial charge in [-0.2, -0.15) is 0 Å². The number of urea groups is 1. The van der Waals surface area contributed by atoms with Crippen LogP contribution in [0.25, 0.3) is 5.82 Å². The molecule has 0 radical (unpaired) electrons. The Bertz CT molecular complexity index is 962. The van der Waals surface area contributed by atoms with Crippen molar-refractivity contribution < 1.29 is 4.79 Å². The maximum Gasteiger partial charge on any atom is 0.321 e. The second kappa shape index (κ2) is 7.67. The van der Waals surface area contributed by atoms with Crippen LogP contribution >= 0.6 is 0 Å². The van der Waals surface area contributed by atoms with Crippen molar-refractivity contribution in [2.75, 3.05) is 36.4 Å². The molecule has 0 atom stereocenters. The van der Waals surface area contributed by atoms with E-state index in [0.717, 1.165) is 36.0 Å². The van der Waals surface area contributed by atoms with Crippen molar-refractivity contribution in [2.45, 2.75) is 13.8 Å². The molecule has 0 bridgehead atoms. The van der Waals surface area contributed by atoms with Gasteiger partial charge in [-0.3, -0.25) is 4.57 Å². The first-order valence-electron chi connectivity index (χ1n) is 9.29. The van der Waals surface area contributed by atoms with Crippen LogP contribution in [-0.2, 0) is 0 Å². The number of rotatable bonds is 3. The first-order valence-corrected chi connectivity index (χ1v) is 9.29. The summed E-state index contributed by atoms with van der Waals surface area (Å²) in [5, 5.41) is 3.04. The fourth-order valence-corrected chi connectivity index (χ4v) is 3.27. The number of imidazole rings is 1. The van der Waals surface area contributed by atoms with E-state index in [0.29, 0.717) is 13.1 Å². The highest BCUT2D eigenvalue weighted by atomic mass is 16.2. The van der Waals surface area contributed by atoms with Gasteiger partial charge in [0, 0.05) is 50.3 Å². The summed E-state index contributed by atoms with van der Waals surface area (Å²) >= 11 is 0. The molecule has 1 aliphatic rings. The topological polar surface area (TPSA) is 79.2 Å². The molecule has 0 spiro atoms. The summed E-state index contributed by atoms with van der Waals surface area (Å²) in [5.41, 5.74) is 3.13. The van der Waals surface area contributed by atoms with Crippen LogP contribution in [0.5, 0.6) is 0 Å². The number of hydrogen-bond donors (Lipinski definition) is 1. The van der Waals surface area contributed by atoms with Crippen molar-refractivity contribution in [3.63, 3.8) is 0 Å². The Kier molecular flexibility index (Phi) is 4.92. The summed E-state index contributed by atoms with van der Waals surface area (Å²) in [7, 11) is 0. The van der Waals surface area contributed by atoms with Crippen LogP contribution in [0.4, 0.5) is 16.3 Å². The molecule has 2 amide bonds. The van der Waals surface area contributed by atoms with Gasteiger partial charge in [-0.1, -0.05) is 12.1 Å². The van der Waals surface area contributed by atoms with Gasteiger partial charge in [0.05, 0.1) is 0 Å². The van der Waals surface area contributed by atoms with Gasteiger partial charge in [0.15, 0.2) is 0 Å². The lowest BCUT2D eigenvalue weighted by Gasteiger charge is -2.35. The van der Waals surface area contributed by atoms with Crippen LogP contribution in [0.1, 0.15) is 11.1 Å². The minimum Gasteiger partial charge on any atom is -0.353 e. The molecular weight excluding hydrogens is 354 g/mol. The quantitative estimate of drug-likeness (QED) is 0.759. The summed E-state index contributed by atoms with van der Waals surface area (Å²) in [4.78, 5) is 29.4. The Balaban J connectivity index is 1.39. The Labute approximate surface area is 163 Å². The van der Waals surface area contributed by atoms with Crippen LogP contribution in [0.3, 0.4) is 0 Å². The second-order valence-electron chi connectivity index (χ2n) is 6.86. The first kappa shape index (κ1) is 18.0. The van der Waals surface area contributed by atoms with Gasteiger partial charge in [-0.25, -0.2) is 19.7 Å². The SMILES string of the molecule is Cc1cccc(NC(=O)N2CCN(c3cc(-n4ccnc4)ncn3)CC2)c1C. The minimum absolute atomic E-state index is 0.0601. The monoisotopic (exact) mass is 377 g/mol. The summed E-state index contributed by atoms with van der Waals surface area (Å²) in [6, 6.07) is 7.82. The Morgan fingerprint density at radius 3 is 2.61 bits per heavy atom. The average Bonchev–Trinajstić information content (AvgIpc) is 3.27. The molecule has 144 valence electrons. The van der Waals surface area contributed by atoms with Gasteiger partial charge in [0.1, 0.15) is 24.3 Å². The second-order valence-corrected chi connectivity index (χ2v) is 6.86. The van der Waals surface area contributed by atoms with Crippen molar-refractivity contribution in [1.29, 1.82) is 0 Å². The van der Waals surface area contributed by atoms with Crippen molar-refractivity contribution in [3.05, 3.63) is 60.4 Å². The van der Waals surface area contributed by atoms with Crippen molar-refractivity contribution in [1.82, 2.24) is 24.4 Å². The summed E-state index contributed by atoms with van der Waals surface area (Å²) in [6.07, 6.45) is 6.84. The van der Waals surface area contributed by atoms with E-state index in [2.05, 4.69) is 25.2 Å². The number of carbonyl (C=O) groups is 1. The zero-order chi connectivity index (χ0) is 19.5. The largest absolute Gasteiger partial charge is 0.353 e. The molecule has 8 nitrogen and oxygen atoms in total. The van der Waals surface area contributed by atoms with Crippen molar-refractivity contribution in [3.8, 4) is 5.82 Å². The number of nitrogens with one attached hydrogen (secondary N) is 1. The molecule has 1 N–H and O–H groups in total. The molecule has 0 aliphatic carbocycles. The zero-order valence-corrected chi connectivity index (χ0v) is 16.0. The van der Waals surface area contributed by atoms with Crippen molar-refractivity contribution in [2.24, 2.45) is 0 Å². The number of benzene rings is 1. The molecule has 3 aromatic rings. The third kappa shape index (κ3) is 3.66. The number of aryl methyl sites for hydroxylation is 1. The van der Waals surface area contributed by atoms with Crippen LogP contribution in [0.15, 0.2) is 49.3 Å². The van der Waals surface area contributed by atoms with Gasteiger partial charge in [-0.05, 0) is 31.0 Å². The van der Waals surface area contributed by atoms with E-state index in [4.69, 9.17) is 0 Å². The predicted molar refractivity (Wildman–Crippen MR) is 108 cm³/mol. The molecule has 1 aromatic carbocycles. The Morgan fingerprint density at radius 2 is 1.86 bits per heavy atom. The molecule has 0 unspecified atom stereocenters. The first-order chi connectivity index (χ1) is 13.6. The lowest BCUT2D eigenvalue weighted by atomic mass is 10.1. The van der Waals surface area contributed by atoms with Crippen molar-refractivity contribution >= 4 is 17.5 Å². The molecule has 0 saturated carbocycles. The molecule has 4 rings (SSSR count). The number of hydrogen-bond acceptors (Lipinski definition) is 5. The van der Waals surface area contributed by atoms with E-state index in [9.17, 15) is 4.79 Å². The van der Waals surface area contributed by atoms with Gasteiger partial charge < -0.3 is 15.1 Å². The van der Waals surface area contributed by atoms with E-state index in [-0.39, 0.29) is 6.03 Å². The predicted octanol–water partition coefficient (Wildman–Crippen LogP) is 2.63. The minimum atomic E-state index is -0.0601. The molecule has 1 fully saturated rings. The molecule has 28 heavy (non-hydrogen) atoms. The third-order valence-electron chi connectivity index (χ3n) is 5.14. The normalized spacial score (nSPS) is 14.2. The molecule has 8 heteroatoms. The fraction of sp³-hybridized carbons (Fsp3) is 0.300. The number of carbonyl (C=O) groups excluding carboxylic acids is 1. The molecule has 2 aromatic heterocycles. The van der Waals surface area contributed by atoms with Crippen LogP contribution in [0.2, 0.25) is 0 Å². The maximum absolute atomic E-state index is 12.6. The number of anilines is 2. The van der Waals surface area contributed by atoms with Gasteiger partial charge >= 0.3 is 6.03 Å². The molecular formula is C20H23N7O. The highest BCUT2D eigenvalue weighted by molar-refractivity contribution is 5.90. The summed E-state index contributed by atoms with van der Waals surface area (Å²) in [6.45, 7) is 6.79. The summed E-state index contributed by atoms with van der Waals surface area (Å²) in [5.74, 6) is 1.63. The molecule has 3 heterocycles. The Morgan fingerprint density at radius 1 is 1.07 bits per heavy atom. The fourth-order valence-electron chi connectivity index (χ4n) is 3.27. The third-order valence-corrected chi connectivity index (χ3v) is 5.14. The number of nitrogens with zero attached hydrogens (tertiary/aromatic N) is 6. The van der Waals surface area contributed by atoms with E-state index in [1.165, 1.54) is 5.56 Å². The lowest BCUT2D eigenvalue weighted by Crippen LogP contribution is -2.50. The van der Waals surface area contributed by atoms with E-state index < -0.39 is 0 Å². The highest BCUT2D eigenvalue weighted by Gasteiger charge is 2.22. The standard InChI is InChI=1S/C20H23N7O/c1-15-4-3-5-17(16(15)2)24-20(28)26-10-8-25(9-11-26)18-12-19(23-13-22-18)27-7-6-21-14-27/h3-7,12-14H,8-11H2,1-2H3,(H,24,28). The van der Waals surface area contributed by atoms with Crippen LogP contribution in [-0.4, -0.2) is 56.6 Å². The van der Waals surface area contributed by atoms with Crippen LogP contribution < -0.4 is 10.2 Å². The lowest BCUT2D eigenvalue weighted by molar-refractivity contribution is 0.208. The highest BCUT2D eigenvalue weighted by Crippen LogP contribution is 2.20. The van der Waals surface area contributed by atoms with E-state index in [1.807, 2.05) is 53.8 Å². The van der Waals surface area contributed by atoms with E-state index in [1.54, 1.807) is 18.9 Å².